The molecule has 2 heterocycles. The fourth-order valence-electron chi connectivity index (χ4n) is 5.56. The summed E-state index contributed by atoms with van der Waals surface area (Å²) in [5.41, 5.74) is 7.21. The molecule has 4 rings (SSSR count). The van der Waals surface area contributed by atoms with Crippen molar-refractivity contribution in [2.75, 3.05) is 35.3 Å². The van der Waals surface area contributed by atoms with Gasteiger partial charge >= 0.3 is 0 Å². The molecule has 0 aliphatic heterocycles. The monoisotopic (exact) mass is 608 g/mol. The molecule has 2 aromatic heterocycles. The molecule has 0 fully saturated rings. The molecule has 0 saturated heterocycles. The highest BCUT2D eigenvalue weighted by molar-refractivity contribution is 5.89. The van der Waals surface area contributed by atoms with E-state index in [0.717, 1.165) is 90.5 Å². The van der Waals surface area contributed by atoms with Gasteiger partial charge in [-0.05, 0) is 97.0 Å². The number of rotatable bonds is 16. The lowest BCUT2D eigenvalue weighted by Crippen LogP contribution is -2.31. The van der Waals surface area contributed by atoms with Crippen LogP contribution < -0.4 is 19.9 Å². The van der Waals surface area contributed by atoms with Crippen LogP contribution in [0.5, 0.6) is 11.5 Å². The Morgan fingerprint density at radius 1 is 1.00 bits per heavy atom. The summed E-state index contributed by atoms with van der Waals surface area (Å²) in [6.45, 7) is 21.4. The Morgan fingerprint density at radius 3 is 2.47 bits per heavy atom. The molecule has 0 radical (unpaired) electrons. The van der Waals surface area contributed by atoms with Gasteiger partial charge < -0.3 is 19.9 Å². The minimum Gasteiger partial charge on any atom is -0.457 e. The summed E-state index contributed by atoms with van der Waals surface area (Å²) >= 11 is 0. The Hall–Kier alpha value is -4.13. The topological polar surface area (TPSA) is 66.4 Å². The zero-order chi connectivity index (χ0) is 32.5. The number of hydrogen-bond donors (Lipinski definition) is 1. The van der Waals surface area contributed by atoms with E-state index in [2.05, 4.69) is 99.5 Å². The van der Waals surface area contributed by atoms with Gasteiger partial charge in [-0.3, -0.25) is 0 Å². The third kappa shape index (κ3) is 8.33. The molecule has 0 aliphatic carbocycles. The average Bonchev–Trinajstić information content (AvgIpc) is 3.03. The van der Waals surface area contributed by atoms with Crippen molar-refractivity contribution in [3.63, 3.8) is 0 Å². The molecule has 0 bridgehead atoms. The van der Waals surface area contributed by atoms with Gasteiger partial charge in [0.1, 0.15) is 29.2 Å². The molecule has 0 saturated carbocycles. The Balaban J connectivity index is 1.65. The molecule has 1 atom stereocenters. The van der Waals surface area contributed by atoms with Gasteiger partial charge in [-0.15, -0.1) is 0 Å². The van der Waals surface area contributed by atoms with Crippen molar-refractivity contribution < 1.29 is 4.74 Å². The number of pyridine rings is 1. The van der Waals surface area contributed by atoms with E-state index in [0.29, 0.717) is 17.7 Å². The highest BCUT2D eigenvalue weighted by atomic mass is 16.5. The SMILES string of the molecule is C=CN(C)c1ccc(Oc2ccc(Nc3ncnc4cc(CCC)c(N(CCCC)CC(C)CC)nc34)cc2C)cc1C(C)C. The molecule has 1 N–H and O–H groups in total. The van der Waals surface area contributed by atoms with E-state index in [4.69, 9.17) is 9.72 Å². The summed E-state index contributed by atoms with van der Waals surface area (Å²) < 4.78 is 6.38. The normalized spacial score (nSPS) is 11.9. The lowest BCUT2D eigenvalue weighted by molar-refractivity contribution is 0.478. The van der Waals surface area contributed by atoms with Crippen LogP contribution in [0.15, 0.2) is 61.6 Å². The molecule has 7 nitrogen and oxygen atoms in total. The van der Waals surface area contributed by atoms with Crippen LogP contribution in [-0.4, -0.2) is 35.1 Å². The second kappa shape index (κ2) is 15.7. The van der Waals surface area contributed by atoms with E-state index >= 15 is 0 Å². The van der Waals surface area contributed by atoms with Crippen LogP contribution in [0.2, 0.25) is 0 Å². The van der Waals surface area contributed by atoms with Crippen molar-refractivity contribution in [1.82, 2.24) is 15.0 Å². The van der Waals surface area contributed by atoms with E-state index in [9.17, 15) is 0 Å². The maximum absolute atomic E-state index is 6.38. The molecule has 7 heteroatoms. The molecule has 1 unspecified atom stereocenters. The van der Waals surface area contributed by atoms with E-state index in [1.165, 1.54) is 11.1 Å². The molecular weight excluding hydrogens is 556 g/mol. The van der Waals surface area contributed by atoms with Crippen molar-refractivity contribution in [2.24, 2.45) is 5.92 Å². The van der Waals surface area contributed by atoms with Crippen LogP contribution in [0.3, 0.4) is 0 Å². The van der Waals surface area contributed by atoms with Crippen LogP contribution >= 0.6 is 0 Å². The number of benzene rings is 2. The Kier molecular flexibility index (Phi) is 11.8. The summed E-state index contributed by atoms with van der Waals surface area (Å²) in [5.74, 6) is 4.35. The minimum absolute atomic E-state index is 0.349. The fraction of sp³-hybridized carbons (Fsp3) is 0.447. The summed E-state index contributed by atoms with van der Waals surface area (Å²) in [5, 5.41) is 3.54. The molecule has 4 aromatic rings. The number of aromatic nitrogens is 3. The minimum atomic E-state index is 0.349. The van der Waals surface area contributed by atoms with Gasteiger partial charge in [0.05, 0.1) is 5.52 Å². The zero-order valence-corrected chi connectivity index (χ0v) is 28.7. The third-order valence-corrected chi connectivity index (χ3v) is 8.44. The molecule has 0 amide bonds. The second-order valence-corrected chi connectivity index (χ2v) is 12.5. The summed E-state index contributed by atoms with van der Waals surface area (Å²) in [6, 6.07) is 14.6. The van der Waals surface area contributed by atoms with Gasteiger partial charge in [-0.25, -0.2) is 15.0 Å². The van der Waals surface area contributed by atoms with Crippen LogP contribution in [0, 0.1) is 12.8 Å². The van der Waals surface area contributed by atoms with E-state index in [-0.39, 0.29) is 0 Å². The number of nitrogens with one attached hydrogen (secondary N) is 1. The van der Waals surface area contributed by atoms with Crippen molar-refractivity contribution in [1.29, 1.82) is 0 Å². The van der Waals surface area contributed by atoms with E-state index < -0.39 is 0 Å². The molecule has 0 spiro atoms. The van der Waals surface area contributed by atoms with Crippen molar-refractivity contribution in [3.8, 4) is 11.5 Å². The Labute approximate surface area is 270 Å². The smallest absolute Gasteiger partial charge is 0.160 e. The third-order valence-electron chi connectivity index (χ3n) is 8.44. The molecular formula is C38H52N6O. The number of nitrogens with zero attached hydrogens (tertiary/aromatic N) is 5. The van der Waals surface area contributed by atoms with Crippen LogP contribution in [-0.2, 0) is 6.42 Å². The second-order valence-electron chi connectivity index (χ2n) is 12.5. The maximum Gasteiger partial charge on any atom is 0.160 e. The Morgan fingerprint density at radius 2 is 1.80 bits per heavy atom. The molecule has 0 aliphatic rings. The van der Waals surface area contributed by atoms with Gasteiger partial charge in [0.25, 0.3) is 0 Å². The highest BCUT2D eigenvalue weighted by Gasteiger charge is 2.19. The molecule has 240 valence electrons. The number of ether oxygens (including phenoxy) is 1. The number of aryl methyl sites for hydroxylation is 2. The van der Waals surface area contributed by atoms with Gasteiger partial charge in [-0.1, -0.05) is 67.4 Å². The Bertz CT molecular complexity index is 1580. The van der Waals surface area contributed by atoms with Crippen molar-refractivity contribution >= 4 is 34.0 Å². The standard InChI is InChI=1S/C38H52N6O/c1-10-14-20-44(24-27(7)12-3)38-29(15-11-2)22-33-36(42-38)37(40-25-39-33)41-30-16-19-35(28(8)21-30)45-31-17-18-34(43(9)13-4)32(23-31)26(5)6/h13,16-19,21-23,25-27H,4,10-12,14-15,20,24H2,1-3,5-9H3,(H,39,40,41). The van der Waals surface area contributed by atoms with Gasteiger partial charge in [-0.2, -0.15) is 0 Å². The van der Waals surface area contributed by atoms with Crippen LogP contribution in [0.1, 0.15) is 89.8 Å². The highest BCUT2D eigenvalue weighted by Crippen LogP contribution is 2.35. The summed E-state index contributed by atoms with van der Waals surface area (Å²) in [7, 11) is 2.02. The quantitative estimate of drug-likeness (QED) is 0.136. The zero-order valence-electron chi connectivity index (χ0n) is 28.7. The summed E-state index contributed by atoms with van der Waals surface area (Å²) in [6.07, 6.45) is 8.92. The van der Waals surface area contributed by atoms with E-state index in [1.54, 1.807) is 6.33 Å². The van der Waals surface area contributed by atoms with E-state index in [1.807, 2.05) is 36.3 Å². The van der Waals surface area contributed by atoms with Gasteiger partial charge in [0, 0.05) is 31.5 Å². The number of hydrogen-bond acceptors (Lipinski definition) is 7. The first-order valence-electron chi connectivity index (χ1n) is 16.6. The first-order valence-corrected chi connectivity index (χ1v) is 16.6. The number of anilines is 4. The van der Waals surface area contributed by atoms with Crippen molar-refractivity contribution in [2.45, 2.75) is 86.5 Å². The predicted octanol–water partition coefficient (Wildman–Crippen LogP) is 10.2. The first-order chi connectivity index (χ1) is 21.7. The largest absolute Gasteiger partial charge is 0.457 e. The average molecular weight is 609 g/mol. The lowest BCUT2D eigenvalue weighted by Gasteiger charge is -2.29. The summed E-state index contributed by atoms with van der Waals surface area (Å²) in [4.78, 5) is 19.1. The fourth-order valence-corrected chi connectivity index (χ4v) is 5.56. The first kappa shape index (κ1) is 33.8. The van der Waals surface area contributed by atoms with Gasteiger partial charge in [0.2, 0.25) is 0 Å². The number of fused-ring (bicyclic) bond motifs is 1. The van der Waals surface area contributed by atoms with Crippen LogP contribution in [0.4, 0.5) is 23.0 Å². The molecule has 2 aromatic carbocycles. The predicted molar refractivity (Wildman–Crippen MR) is 192 cm³/mol. The number of unbranched alkanes of at least 4 members (excludes halogenated alkanes) is 1. The van der Waals surface area contributed by atoms with Crippen LogP contribution in [0.25, 0.3) is 11.0 Å². The van der Waals surface area contributed by atoms with Gasteiger partial charge in [0.15, 0.2) is 5.82 Å². The maximum atomic E-state index is 6.38. The lowest BCUT2D eigenvalue weighted by atomic mass is 10.00. The van der Waals surface area contributed by atoms with Crippen molar-refractivity contribution in [3.05, 3.63) is 78.3 Å². The molecule has 45 heavy (non-hydrogen) atoms.